The summed E-state index contributed by atoms with van der Waals surface area (Å²) in [5, 5.41) is 16.9. The second-order valence-electron chi connectivity index (χ2n) is 18.1. The summed E-state index contributed by atoms with van der Waals surface area (Å²) in [6.07, 6.45) is 3.91. The highest BCUT2D eigenvalue weighted by Crippen LogP contribution is 2.33. The van der Waals surface area contributed by atoms with E-state index in [0.717, 1.165) is 4.90 Å². The van der Waals surface area contributed by atoms with Crippen LogP contribution in [0.15, 0.2) is 48.6 Å². The third-order valence-corrected chi connectivity index (χ3v) is 12.4. The van der Waals surface area contributed by atoms with Crippen LogP contribution in [0.2, 0.25) is 0 Å². The van der Waals surface area contributed by atoms with E-state index in [2.05, 4.69) is 43.8 Å². The van der Waals surface area contributed by atoms with Gasteiger partial charge in [-0.15, -0.1) is 0 Å². The number of benzene rings is 2. The van der Waals surface area contributed by atoms with Gasteiger partial charge in [-0.1, -0.05) is 60.6 Å². The molecule has 4 heterocycles. The lowest BCUT2D eigenvalue weighted by molar-refractivity contribution is -0.140. The van der Waals surface area contributed by atoms with Crippen LogP contribution in [0.25, 0.3) is 22.1 Å². The average Bonchev–Trinajstić information content (AvgIpc) is 2.84. The molecule has 2 unspecified atom stereocenters. The zero-order valence-electron chi connectivity index (χ0n) is 50.7. The molecule has 0 spiro atoms. The lowest BCUT2D eigenvalue weighted by atomic mass is 10.1. The molecule has 0 aliphatic heterocycles. The third kappa shape index (κ3) is 18.2. The number of likely N-dealkylation sites (N-methyl/N-ethyl adjacent to an activating group) is 1. The average molecular weight is 1190 g/mol. The van der Waals surface area contributed by atoms with Crippen molar-refractivity contribution in [3.8, 4) is 11.5 Å². The molecular weight excluding hydrogens is 1100 g/mol. The Labute approximate surface area is 495 Å². The Hall–Kier alpha value is -8.59. The van der Waals surface area contributed by atoms with Crippen LogP contribution >= 0.6 is 12.6 Å². The number of allylic oxidation sites excluding steroid dienone is 2. The molecule has 0 aliphatic carbocycles. The minimum absolute atomic E-state index is 0.00261. The number of hydrogen-bond donors (Lipinski definition) is 6. The smallest absolute Gasteiger partial charge is 0.276 e. The van der Waals surface area contributed by atoms with Crippen LogP contribution in [0.5, 0.6) is 11.5 Å². The molecule has 6 rings (SSSR count). The first kappa shape index (κ1) is 69.7. The quantitative estimate of drug-likeness (QED) is 0.0144. The highest BCUT2D eigenvalue weighted by atomic mass is 32.1. The molecule has 84 heavy (non-hydrogen) atoms. The fourth-order valence-corrected chi connectivity index (χ4v) is 8.64. The number of anilines is 2. The van der Waals surface area contributed by atoms with E-state index in [4.69, 9.17) is 30.7 Å². The Kier molecular flexibility index (Phi) is 28.3. The van der Waals surface area contributed by atoms with Gasteiger partial charge in [-0.25, -0.2) is 9.97 Å². The van der Waals surface area contributed by atoms with Crippen LogP contribution in [0.1, 0.15) is 135 Å². The van der Waals surface area contributed by atoms with Crippen molar-refractivity contribution in [3.63, 3.8) is 0 Å². The topological polar surface area (TPSA) is 330 Å². The predicted molar refractivity (Wildman–Crippen MR) is 324 cm³/mol. The molecule has 7 N–H and O–H groups in total. The van der Waals surface area contributed by atoms with Gasteiger partial charge in [0.25, 0.3) is 11.8 Å². The van der Waals surface area contributed by atoms with E-state index in [-0.39, 0.29) is 110 Å². The molecule has 8 amide bonds. The molecule has 6 aromatic rings. The number of methoxy groups -OCH3 is 2. The number of amides is 8. The Morgan fingerprint density at radius 1 is 0.726 bits per heavy atom. The third-order valence-electron chi connectivity index (χ3n) is 12.2. The Balaban J connectivity index is 0.00000298. The van der Waals surface area contributed by atoms with Crippen molar-refractivity contribution in [1.82, 2.24) is 53.8 Å². The minimum Gasteiger partial charge on any atom is -0.494 e. The van der Waals surface area contributed by atoms with E-state index < -0.39 is 47.4 Å². The number of imide groups is 1. The van der Waals surface area contributed by atoms with Crippen molar-refractivity contribution < 1.29 is 52.6 Å². The first-order valence-corrected chi connectivity index (χ1v) is 28.4. The summed E-state index contributed by atoms with van der Waals surface area (Å²) in [5.74, 6) is -3.40. The number of fused-ring (bicyclic) bond motifs is 2. The molecule has 26 nitrogen and oxygen atoms in total. The molecule has 0 aliphatic rings. The number of hydrogen-bond acceptors (Lipinski definition) is 16. The minimum atomic E-state index is -1.09. The van der Waals surface area contributed by atoms with Gasteiger partial charge in [-0.3, -0.25) is 63.3 Å². The van der Waals surface area contributed by atoms with Crippen molar-refractivity contribution in [3.05, 3.63) is 82.5 Å². The number of carbonyl (C=O) groups is 8. The number of carbonyl (C=O) groups excluding carboxylic acids is 8. The molecule has 458 valence electrons. The van der Waals surface area contributed by atoms with Crippen LogP contribution in [-0.2, 0) is 50.1 Å². The maximum Gasteiger partial charge on any atom is 0.276 e. The van der Waals surface area contributed by atoms with Crippen LogP contribution in [0.3, 0.4) is 0 Å². The lowest BCUT2D eigenvalue weighted by Gasteiger charge is -2.24. The predicted octanol–water partition coefficient (Wildman–Crippen LogP) is 5.92. The van der Waals surface area contributed by atoms with Crippen molar-refractivity contribution in [2.45, 2.75) is 133 Å². The van der Waals surface area contributed by atoms with Gasteiger partial charge in [0.1, 0.15) is 40.0 Å². The molecule has 27 heteroatoms. The second-order valence-corrected chi connectivity index (χ2v) is 19.0. The van der Waals surface area contributed by atoms with Gasteiger partial charge in [0.2, 0.25) is 47.8 Å². The number of thiol groups is 1. The van der Waals surface area contributed by atoms with Crippen molar-refractivity contribution >= 4 is 94.4 Å². The summed E-state index contributed by atoms with van der Waals surface area (Å²) < 4.78 is 23.8. The number of primary amides is 2. The summed E-state index contributed by atoms with van der Waals surface area (Å²) in [7, 11) is 4.34. The van der Waals surface area contributed by atoms with Crippen molar-refractivity contribution in [1.29, 1.82) is 0 Å². The molecule has 0 saturated carbocycles. The highest BCUT2D eigenvalue weighted by molar-refractivity contribution is 7.80. The summed E-state index contributed by atoms with van der Waals surface area (Å²) in [5.41, 5.74) is 14.9. The van der Waals surface area contributed by atoms with Gasteiger partial charge < -0.3 is 45.0 Å². The van der Waals surface area contributed by atoms with Gasteiger partial charge in [0, 0.05) is 82.6 Å². The van der Waals surface area contributed by atoms with E-state index in [1.54, 1.807) is 63.6 Å². The fraction of sp³-hybridized carbons (Fsp3) is 0.474. The Bertz CT molecular complexity index is 3270. The number of imidazole rings is 2. The number of rotatable bonds is 28. The molecule has 4 aromatic heterocycles. The van der Waals surface area contributed by atoms with Gasteiger partial charge in [0.15, 0.2) is 0 Å². The van der Waals surface area contributed by atoms with E-state index >= 15 is 0 Å². The number of aryl methyl sites for hydroxylation is 4. The van der Waals surface area contributed by atoms with Crippen molar-refractivity contribution in [2.75, 3.05) is 58.2 Å². The highest BCUT2D eigenvalue weighted by Gasteiger charge is 2.27. The summed E-state index contributed by atoms with van der Waals surface area (Å²) in [6, 6.07) is 8.11. The lowest BCUT2D eigenvalue weighted by Crippen LogP contribution is -2.50. The van der Waals surface area contributed by atoms with Crippen LogP contribution in [-0.4, -0.2) is 155 Å². The number of aromatic nitrogens is 8. The fourth-order valence-electron chi connectivity index (χ4n) is 8.48. The maximum atomic E-state index is 14.0. The molecule has 0 bridgehead atoms. The van der Waals surface area contributed by atoms with Gasteiger partial charge >= 0.3 is 0 Å². The number of nitrogens with zero attached hydrogens (tertiary/aromatic N) is 10. The van der Waals surface area contributed by atoms with E-state index in [1.165, 1.54) is 50.4 Å². The molecular formula is C57H83N15O11S. The Morgan fingerprint density at radius 2 is 1.20 bits per heavy atom. The summed E-state index contributed by atoms with van der Waals surface area (Å²) >= 11 is 4.19. The second kappa shape index (κ2) is 34.1. The zero-order valence-corrected chi connectivity index (χ0v) is 51.6. The van der Waals surface area contributed by atoms with E-state index in [9.17, 15) is 38.4 Å². The zero-order chi connectivity index (χ0) is 63.0. The van der Waals surface area contributed by atoms with Crippen LogP contribution < -0.4 is 36.9 Å². The molecule has 0 saturated heterocycles. The largest absolute Gasteiger partial charge is 0.494 e. The first-order chi connectivity index (χ1) is 40.2. The molecule has 2 atom stereocenters. The standard InChI is InChI=1S/C51H65N15O11S.3C2H6/c1-9-65-37(20-29(3)59-65)47(72)57-50-55-34-23-32(45(52)70)25-39(76-8)43(34)63(50)16-11-12-17-64-44-35(56-51(64)58-48(73)38-21-30(4)60-66(38)10-2)24-33(46(53)71)26-40(44)77-19-13-15-61(6)49(74)36(27-75-7)54-41(68)14-18-62(28-67)42(69)22-31(5)78;3*1-2/h11-12,20-21,23-26,28,31,36,78H,9-10,13-19,22,27H2,1-8H3,(H2,52,70)(H2,53,71)(H,54,68)(H,55,57,72)(H,56,58,73);3*1-2H3/b12-11+;;;. The monoisotopic (exact) mass is 1190 g/mol. The summed E-state index contributed by atoms with van der Waals surface area (Å²) in [4.78, 5) is 115. The van der Waals surface area contributed by atoms with E-state index in [1.807, 2.05) is 55.4 Å². The van der Waals surface area contributed by atoms with Gasteiger partial charge in [-0.2, -0.15) is 22.8 Å². The van der Waals surface area contributed by atoms with Crippen LogP contribution in [0, 0.1) is 13.8 Å². The van der Waals surface area contributed by atoms with Crippen molar-refractivity contribution in [2.24, 2.45) is 11.5 Å². The SMILES string of the molecule is CC.CC.CC.CCn1nc(C)cc1C(=O)Nc1nc2cc(C(N)=O)cc(OC)c2n1C/C=C/Cn1c(NC(=O)c2cc(C)nn2CC)nc2cc(C(N)=O)cc(OCCCN(C)C(=O)C(COC)NC(=O)CCN(C=O)C(=O)CC(C)S)c21. The first-order valence-electron chi connectivity index (χ1n) is 27.9. The molecule has 2 aromatic carbocycles. The maximum absolute atomic E-state index is 14.0. The normalized spacial score (nSPS) is 11.5. The summed E-state index contributed by atoms with van der Waals surface area (Å²) in [6.45, 7) is 21.7. The number of ether oxygens (including phenoxy) is 3. The number of nitrogens with two attached hydrogens (primary N) is 2. The molecule has 0 fully saturated rings. The van der Waals surface area contributed by atoms with Crippen LogP contribution in [0.4, 0.5) is 11.9 Å². The Morgan fingerprint density at radius 3 is 1.63 bits per heavy atom. The molecule has 0 radical (unpaired) electrons. The van der Waals surface area contributed by atoms with Gasteiger partial charge in [-0.05, 0) is 70.5 Å². The van der Waals surface area contributed by atoms with E-state index in [0.29, 0.717) is 53.1 Å². The van der Waals surface area contributed by atoms with Gasteiger partial charge in [0.05, 0.1) is 42.7 Å². The number of nitrogens with one attached hydrogen (secondary N) is 3.